The van der Waals surface area contributed by atoms with Gasteiger partial charge in [-0.05, 0) is 42.2 Å². The zero-order chi connectivity index (χ0) is 16.6. The first kappa shape index (κ1) is 15.4. The lowest BCUT2D eigenvalue weighted by Gasteiger charge is -2.17. The first-order chi connectivity index (χ1) is 11.0. The zero-order valence-corrected chi connectivity index (χ0v) is 13.6. The van der Waals surface area contributed by atoms with Gasteiger partial charge in [-0.15, -0.1) is 11.3 Å². The zero-order valence-electron chi connectivity index (χ0n) is 12.8. The normalized spacial score (nSPS) is 12.1. The Bertz CT molecular complexity index is 798. The summed E-state index contributed by atoms with van der Waals surface area (Å²) in [6, 6.07) is 5.87. The molecule has 0 saturated heterocycles. The quantitative estimate of drug-likeness (QED) is 0.904. The standard InChI is InChI=1S/C16H16N2O4S/c1-8(19)18-15-13(22-16(17)20)12-5-3-9-7-10(21-2)4-6-11(9)14(12)23-15/h4,6-7H,3,5H2,1-2H3,(H2,17,20)(H,18,19). The molecule has 2 amide bonds. The van der Waals surface area contributed by atoms with Crippen LogP contribution in [0.25, 0.3) is 10.4 Å². The fourth-order valence-electron chi connectivity index (χ4n) is 2.73. The highest BCUT2D eigenvalue weighted by Gasteiger charge is 2.27. The molecule has 2 aromatic rings. The molecule has 1 aliphatic carbocycles. The van der Waals surface area contributed by atoms with Gasteiger partial charge in [-0.2, -0.15) is 0 Å². The minimum Gasteiger partial charge on any atom is -0.497 e. The van der Waals surface area contributed by atoms with E-state index in [9.17, 15) is 9.59 Å². The second-order valence-corrected chi connectivity index (χ2v) is 6.21. The topological polar surface area (TPSA) is 90.7 Å². The first-order valence-electron chi connectivity index (χ1n) is 7.07. The summed E-state index contributed by atoms with van der Waals surface area (Å²) in [4.78, 5) is 23.6. The van der Waals surface area contributed by atoms with E-state index in [-0.39, 0.29) is 5.91 Å². The molecule has 6 nitrogen and oxygen atoms in total. The Morgan fingerprint density at radius 2 is 2.09 bits per heavy atom. The van der Waals surface area contributed by atoms with E-state index < -0.39 is 6.09 Å². The van der Waals surface area contributed by atoms with Crippen LogP contribution < -0.4 is 20.5 Å². The molecule has 0 radical (unpaired) electrons. The fraction of sp³-hybridized carbons (Fsp3) is 0.250. The van der Waals surface area contributed by atoms with Crippen molar-refractivity contribution in [1.82, 2.24) is 0 Å². The van der Waals surface area contributed by atoms with Crippen molar-refractivity contribution < 1.29 is 19.1 Å². The molecule has 0 bridgehead atoms. The van der Waals surface area contributed by atoms with Crippen LogP contribution in [0.5, 0.6) is 11.5 Å². The van der Waals surface area contributed by atoms with Crippen molar-refractivity contribution in [3.63, 3.8) is 0 Å². The molecule has 1 aromatic heterocycles. The van der Waals surface area contributed by atoms with Gasteiger partial charge in [-0.1, -0.05) is 0 Å². The van der Waals surface area contributed by atoms with Crippen molar-refractivity contribution in [3.8, 4) is 21.9 Å². The van der Waals surface area contributed by atoms with Gasteiger partial charge in [0.15, 0.2) is 5.75 Å². The molecular weight excluding hydrogens is 316 g/mol. The molecule has 1 heterocycles. The Balaban J connectivity index is 2.12. The van der Waals surface area contributed by atoms with E-state index in [4.69, 9.17) is 15.2 Å². The molecule has 0 unspecified atom stereocenters. The van der Waals surface area contributed by atoms with Crippen LogP contribution in [0.3, 0.4) is 0 Å². The highest BCUT2D eigenvalue weighted by atomic mass is 32.1. The number of hydrogen-bond donors (Lipinski definition) is 2. The highest BCUT2D eigenvalue weighted by molar-refractivity contribution is 7.20. The summed E-state index contributed by atoms with van der Waals surface area (Å²) >= 11 is 1.38. The third-order valence-corrected chi connectivity index (χ3v) is 4.81. The number of methoxy groups -OCH3 is 1. The number of ether oxygens (including phenoxy) is 2. The lowest BCUT2D eigenvalue weighted by Crippen LogP contribution is -2.18. The van der Waals surface area contributed by atoms with Gasteiger partial charge in [-0.3, -0.25) is 4.79 Å². The van der Waals surface area contributed by atoms with Crippen molar-refractivity contribution in [1.29, 1.82) is 0 Å². The van der Waals surface area contributed by atoms with Gasteiger partial charge in [0.05, 0.1) is 7.11 Å². The van der Waals surface area contributed by atoms with Crippen molar-refractivity contribution in [3.05, 3.63) is 29.3 Å². The van der Waals surface area contributed by atoms with Crippen molar-refractivity contribution in [2.45, 2.75) is 19.8 Å². The Kier molecular flexibility index (Phi) is 3.96. The molecule has 0 atom stereocenters. The van der Waals surface area contributed by atoms with Crippen LogP contribution in [-0.2, 0) is 17.6 Å². The van der Waals surface area contributed by atoms with Crippen LogP contribution in [0.1, 0.15) is 18.1 Å². The average molecular weight is 332 g/mol. The van der Waals surface area contributed by atoms with Gasteiger partial charge < -0.3 is 20.5 Å². The number of primary amides is 1. The summed E-state index contributed by atoms with van der Waals surface area (Å²) in [5.74, 6) is 0.932. The van der Waals surface area contributed by atoms with Gasteiger partial charge in [0.2, 0.25) is 5.91 Å². The maximum Gasteiger partial charge on any atom is 0.410 e. The van der Waals surface area contributed by atoms with E-state index >= 15 is 0 Å². The van der Waals surface area contributed by atoms with E-state index in [0.29, 0.717) is 17.2 Å². The molecule has 7 heteroatoms. The number of nitrogens with two attached hydrogens (primary N) is 1. The molecule has 3 rings (SSSR count). The summed E-state index contributed by atoms with van der Waals surface area (Å²) < 4.78 is 10.4. The Morgan fingerprint density at radius 1 is 1.30 bits per heavy atom. The van der Waals surface area contributed by atoms with Crippen molar-refractivity contribution in [2.75, 3.05) is 12.4 Å². The largest absolute Gasteiger partial charge is 0.497 e. The van der Waals surface area contributed by atoms with Gasteiger partial charge in [-0.25, -0.2) is 4.79 Å². The minimum absolute atomic E-state index is 0.229. The summed E-state index contributed by atoms with van der Waals surface area (Å²) in [5.41, 5.74) is 8.28. The van der Waals surface area contributed by atoms with E-state index in [1.807, 2.05) is 18.2 Å². The third-order valence-electron chi connectivity index (χ3n) is 3.65. The summed E-state index contributed by atoms with van der Waals surface area (Å²) in [7, 11) is 1.63. The number of nitrogens with one attached hydrogen (secondary N) is 1. The van der Waals surface area contributed by atoms with Gasteiger partial charge in [0.1, 0.15) is 10.8 Å². The summed E-state index contributed by atoms with van der Waals surface area (Å²) in [6.45, 7) is 1.41. The summed E-state index contributed by atoms with van der Waals surface area (Å²) in [6.07, 6.45) is 0.608. The van der Waals surface area contributed by atoms with Crippen LogP contribution in [0.4, 0.5) is 9.80 Å². The van der Waals surface area contributed by atoms with E-state index in [0.717, 1.165) is 33.7 Å². The Morgan fingerprint density at radius 3 is 2.74 bits per heavy atom. The maximum atomic E-state index is 11.4. The Hall–Kier alpha value is -2.54. The lowest BCUT2D eigenvalue weighted by atomic mass is 9.91. The average Bonchev–Trinajstić information content (AvgIpc) is 2.83. The number of hydrogen-bond acceptors (Lipinski definition) is 5. The number of carbonyl (C=O) groups is 2. The maximum absolute atomic E-state index is 11.4. The molecule has 0 fully saturated rings. The van der Waals surface area contributed by atoms with Crippen LogP contribution in [-0.4, -0.2) is 19.1 Å². The number of thiophene rings is 1. The number of amides is 2. The highest BCUT2D eigenvalue weighted by Crippen LogP contribution is 2.49. The third kappa shape index (κ3) is 2.87. The van der Waals surface area contributed by atoms with E-state index in [1.165, 1.54) is 18.3 Å². The van der Waals surface area contributed by atoms with Crippen LogP contribution in [0.2, 0.25) is 0 Å². The first-order valence-corrected chi connectivity index (χ1v) is 7.89. The van der Waals surface area contributed by atoms with E-state index in [1.54, 1.807) is 7.11 Å². The number of fused-ring (bicyclic) bond motifs is 3. The van der Waals surface area contributed by atoms with Gasteiger partial charge in [0, 0.05) is 17.4 Å². The number of aryl methyl sites for hydroxylation is 1. The predicted octanol–water partition coefficient (Wildman–Crippen LogP) is 2.94. The van der Waals surface area contributed by atoms with Crippen LogP contribution >= 0.6 is 11.3 Å². The van der Waals surface area contributed by atoms with Crippen molar-refractivity contribution in [2.24, 2.45) is 5.73 Å². The molecule has 3 N–H and O–H groups in total. The van der Waals surface area contributed by atoms with E-state index in [2.05, 4.69) is 5.32 Å². The van der Waals surface area contributed by atoms with Crippen LogP contribution in [0, 0.1) is 0 Å². The number of carbonyl (C=O) groups excluding carboxylic acids is 2. The smallest absolute Gasteiger partial charge is 0.410 e. The number of rotatable bonds is 3. The number of anilines is 1. The molecule has 0 spiro atoms. The summed E-state index contributed by atoms with van der Waals surface area (Å²) in [5, 5.41) is 3.22. The second-order valence-electron chi connectivity index (χ2n) is 5.19. The molecular formula is C16H16N2O4S. The van der Waals surface area contributed by atoms with Crippen molar-refractivity contribution >= 4 is 28.3 Å². The minimum atomic E-state index is -0.891. The molecule has 23 heavy (non-hydrogen) atoms. The molecule has 1 aromatic carbocycles. The molecule has 0 saturated carbocycles. The Labute approximate surface area is 137 Å². The molecule has 0 aliphatic heterocycles. The number of benzene rings is 1. The monoisotopic (exact) mass is 332 g/mol. The molecule has 1 aliphatic rings. The fourth-order valence-corrected chi connectivity index (χ4v) is 4.01. The van der Waals surface area contributed by atoms with Gasteiger partial charge in [0.25, 0.3) is 0 Å². The van der Waals surface area contributed by atoms with Crippen LogP contribution in [0.15, 0.2) is 18.2 Å². The SMILES string of the molecule is COc1ccc2c(c1)CCc1c-2sc(NC(C)=O)c1OC(N)=O. The second kappa shape index (κ2) is 5.92. The lowest BCUT2D eigenvalue weighted by molar-refractivity contribution is -0.114. The van der Waals surface area contributed by atoms with Gasteiger partial charge >= 0.3 is 6.09 Å². The molecule has 120 valence electrons. The predicted molar refractivity (Wildman–Crippen MR) is 88.2 cm³/mol.